The van der Waals surface area contributed by atoms with E-state index in [1.165, 1.54) is 0 Å². The van der Waals surface area contributed by atoms with E-state index in [4.69, 9.17) is 0 Å². The number of phenols is 1. The van der Waals surface area contributed by atoms with Gasteiger partial charge in [-0.2, -0.15) is 0 Å². The van der Waals surface area contributed by atoms with Gasteiger partial charge in [0.25, 0.3) is 0 Å². The lowest BCUT2D eigenvalue weighted by molar-refractivity contribution is 0.466. The summed E-state index contributed by atoms with van der Waals surface area (Å²) in [5.74, 6) is 0.445. The topological polar surface area (TPSA) is 37.3 Å². The van der Waals surface area contributed by atoms with Gasteiger partial charge in [0.15, 0.2) is 5.43 Å². The summed E-state index contributed by atoms with van der Waals surface area (Å²) in [7, 11) is 0. The zero-order chi connectivity index (χ0) is 13.6. The van der Waals surface area contributed by atoms with Crippen molar-refractivity contribution in [2.75, 3.05) is 0 Å². The Balaban J connectivity index is 2.48. The lowest BCUT2D eigenvalue weighted by atomic mass is 10.0. The Kier molecular flexibility index (Phi) is 2.79. The van der Waals surface area contributed by atoms with E-state index < -0.39 is 0 Å². The summed E-state index contributed by atoms with van der Waals surface area (Å²) in [6.45, 7) is 4.06. The van der Waals surface area contributed by atoms with Gasteiger partial charge in [-0.15, -0.1) is 11.3 Å². The van der Waals surface area contributed by atoms with Crippen LogP contribution in [0.25, 0.3) is 20.2 Å². The van der Waals surface area contributed by atoms with E-state index in [0.29, 0.717) is 5.39 Å². The molecule has 0 atom stereocenters. The molecule has 96 valence electrons. The molecule has 1 aromatic heterocycles. The van der Waals surface area contributed by atoms with E-state index >= 15 is 0 Å². The summed E-state index contributed by atoms with van der Waals surface area (Å²) in [5.41, 5.74) is 0.883. The first kappa shape index (κ1) is 12.2. The number of phenolic OH excluding ortho intramolecular Hbond substituents is 1. The van der Waals surface area contributed by atoms with Crippen molar-refractivity contribution in [2.45, 2.75) is 19.8 Å². The van der Waals surface area contributed by atoms with E-state index in [0.717, 1.165) is 20.3 Å². The first-order chi connectivity index (χ1) is 9.08. The summed E-state index contributed by atoms with van der Waals surface area (Å²) in [4.78, 5) is 12.4. The highest BCUT2D eigenvalue weighted by Crippen LogP contribution is 2.33. The molecule has 0 aliphatic carbocycles. The number of fused-ring (bicyclic) bond motifs is 2. The molecule has 2 nitrogen and oxygen atoms in total. The van der Waals surface area contributed by atoms with Crippen molar-refractivity contribution in [2.24, 2.45) is 0 Å². The zero-order valence-electron chi connectivity index (χ0n) is 10.8. The minimum absolute atomic E-state index is 0.00467. The fourth-order valence-corrected chi connectivity index (χ4v) is 3.42. The third-order valence-corrected chi connectivity index (χ3v) is 4.48. The van der Waals surface area contributed by atoms with Gasteiger partial charge in [-0.25, -0.2) is 0 Å². The second-order valence-corrected chi connectivity index (χ2v) is 6.07. The van der Waals surface area contributed by atoms with Crippen molar-refractivity contribution < 1.29 is 5.11 Å². The Morgan fingerprint density at radius 2 is 1.79 bits per heavy atom. The lowest BCUT2D eigenvalue weighted by Crippen LogP contribution is -2.01. The summed E-state index contributed by atoms with van der Waals surface area (Å²) in [6.07, 6.45) is 0. The highest BCUT2D eigenvalue weighted by atomic mass is 32.1. The number of aromatic hydroxyl groups is 1. The normalized spacial score (nSPS) is 11.5. The van der Waals surface area contributed by atoms with Crippen LogP contribution in [0.5, 0.6) is 5.75 Å². The van der Waals surface area contributed by atoms with Gasteiger partial charge in [0.05, 0.1) is 0 Å². The summed E-state index contributed by atoms with van der Waals surface area (Å²) in [6, 6.07) is 11.1. The molecule has 0 aliphatic heterocycles. The molecule has 0 bridgehead atoms. The molecule has 3 heteroatoms. The highest BCUT2D eigenvalue weighted by molar-refractivity contribution is 7.24. The molecular formula is C16H14O2S. The molecule has 1 heterocycles. The number of rotatable bonds is 1. The van der Waals surface area contributed by atoms with Crippen LogP contribution in [0.1, 0.15) is 25.3 Å². The molecule has 0 aliphatic rings. The molecule has 0 saturated carbocycles. The minimum atomic E-state index is -0.00467. The SMILES string of the molecule is CC(C)c1cc2sc3ccccc3c(=O)c2cc1O. The molecule has 3 aromatic rings. The van der Waals surface area contributed by atoms with Gasteiger partial charge in [-0.1, -0.05) is 26.0 Å². The first-order valence-electron chi connectivity index (χ1n) is 6.26. The van der Waals surface area contributed by atoms with Gasteiger partial charge >= 0.3 is 0 Å². The lowest BCUT2D eigenvalue weighted by Gasteiger charge is -2.10. The predicted octanol–water partition coefficient (Wildman–Crippen LogP) is 4.24. The van der Waals surface area contributed by atoms with Crippen LogP contribution in [-0.4, -0.2) is 5.11 Å². The quantitative estimate of drug-likeness (QED) is 0.671. The van der Waals surface area contributed by atoms with E-state index in [2.05, 4.69) is 0 Å². The van der Waals surface area contributed by atoms with E-state index in [9.17, 15) is 9.90 Å². The Hall–Kier alpha value is -1.87. The van der Waals surface area contributed by atoms with Gasteiger partial charge in [0, 0.05) is 20.2 Å². The molecule has 0 spiro atoms. The third kappa shape index (κ3) is 1.90. The van der Waals surface area contributed by atoms with Crippen LogP contribution in [-0.2, 0) is 0 Å². The van der Waals surface area contributed by atoms with Crippen LogP contribution in [0.15, 0.2) is 41.2 Å². The molecule has 2 aromatic carbocycles. The average molecular weight is 270 g/mol. The summed E-state index contributed by atoms with van der Waals surface area (Å²) in [5, 5.41) is 11.4. The highest BCUT2D eigenvalue weighted by Gasteiger charge is 2.11. The fraction of sp³-hybridized carbons (Fsp3) is 0.188. The fourth-order valence-electron chi connectivity index (χ4n) is 2.32. The van der Waals surface area contributed by atoms with Gasteiger partial charge in [-0.05, 0) is 35.7 Å². The second kappa shape index (κ2) is 4.35. The number of hydrogen-bond donors (Lipinski definition) is 1. The van der Waals surface area contributed by atoms with Crippen LogP contribution >= 0.6 is 11.3 Å². The van der Waals surface area contributed by atoms with Crippen molar-refractivity contribution in [1.29, 1.82) is 0 Å². The number of benzene rings is 2. The van der Waals surface area contributed by atoms with E-state index in [-0.39, 0.29) is 17.1 Å². The van der Waals surface area contributed by atoms with Crippen molar-refractivity contribution in [3.05, 3.63) is 52.2 Å². The van der Waals surface area contributed by atoms with Crippen LogP contribution in [0.2, 0.25) is 0 Å². The monoisotopic (exact) mass is 270 g/mol. The van der Waals surface area contributed by atoms with Crippen molar-refractivity contribution in [3.8, 4) is 5.75 Å². The predicted molar refractivity (Wildman–Crippen MR) is 81.4 cm³/mol. The Bertz CT molecular complexity index is 831. The largest absolute Gasteiger partial charge is 0.508 e. The average Bonchev–Trinajstić information content (AvgIpc) is 2.39. The maximum Gasteiger partial charge on any atom is 0.196 e. The molecular weight excluding hydrogens is 256 g/mol. The minimum Gasteiger partial charge on any atom is -0.508 e. The van der Waals surface area contributed by atoms with Gasteiger partial charge in [-0.3, -0.25) is 4.79 Å². The molecule has 0 radical (unpaired) electrons. The van der Waals surface area contributed by atoms with Crippen LogP contribution in [0.4, 0.5) is 0 Å². The summed E-state index contributed by atoms with van der Waals surface area (Å²) < 4.78 is 1.92. The van der Waals surface area contributed by atoms with E-state index in [1.807, 2.05) is 44.2 Å². The van der Waals surface area contributed by atoms with Gasteiger partial charge < -0.3 is 5.11 Å². The third-order valence-electron chi connectivity index (χ3n) is 3.35. The maximum atomic E-state index is 12.4. The van der Waals surface area contributed by atoms with E-state index in [1.54, 1.807) is 17.4 Å². The first-order valence-corrected chi connectivity index (χ1v) is 7.08. The Morgan fingerprint density at radius 1 is 1.05 bits per heavy atom. The van der Waals surface area contributed by atoms with Crippen LogP contribution < -0.4 is 5.43 Å². The Morgan fingerprint density at radius 3 is 2.53 bits per heavy atom. The van der Waals surface area contributed by atoms with Gasteiger partial charge in [0.2, 0.25) is 0 Å². The standard InChI is InChI=1S/C16H14O2S/c1-9(2)11-8-15-12(7-13(11)17)16(18)10-5-3-4-6-14(10)19-15/h3-9,17H,1-2H3. The molecule has 0 saturated heterocycles. The maximum absolute atomic E-state index is 12.4. The van der Waals surface area contributed by atoms with Gasteiger partial charge in [0.1, 0.15) is 5.75 Å². The van der Waals surface area contributed by atoms with Crippen molar-refractivity contribution >= 4 is 31.5 Å². The Labute approximate surface area is 114 Å². The summed E-state index contributed by atoms with van der Waals surface area (Å²) >= 11 is 1.59. The molecule has 0 fully saturated rings. The van der Waals surface area contributed by atoms with Crippen molar-refractivity contribution in [1.82, 2.24) is 0 Å². The molecule has 0 unspecified atom stereocenters. The zero-order valence-corrected chi connectivity index (χ0v) is 11.6. The van der Waals surface area contributed by atoms with Crippen LogP contribution in [0.3, 0.4) is 0 Å². The van der Waals surface area contributed by atoms with Crippen molar-refractivity contribution in [3.63, 3.8) is 0 Å². The smallest absolute Gasteiger partial charge is 0.196 e. The molecule has 3 rings (SSSR count). The molecule has 0 amide bonds. The van der Waals surface area contributed by atoms with Crippen LogP contribution in [0, 0.1) is 0 Å². The molecule has 1 N–H and O–H groups in total. The second-order valence-electron chi connectivity index (χ2n) is 4.99. The number of hydrogen-bond acceptors (Lipinski definition) is 3. The molecule has 19 heavy (non-hydrogen) atoms.